The minimum Gasteiger partial charge on any atom is -0.381 e. The van der Waals surface area contributed by atoms with E-state index in [1.807, 2.05) is 0 Å². The SMILES string of the molecule is CC1C(=O)NC(C)(C)C(=O)N1CC1CCOC1. The Hall–Kier alpha value is -1.10. The Kier molecular flexibility index (Phi) is 3.12. The van der Waals surface area contributed by atoms with E-state index in [0.717, 1.165) is 13.0 Å². The summed E-state index contributed by atoms with van der Waals surface area (Å²) in [5, 5.41) is 2.75. The van der Waals surface area contributed by atoms with Crippen molar-refractivity contribution in [2.45, 2.75) is 38.8 Å². The first-order chi connectivity index (χ1) is 7.92. The summed E-state index contributed by atoms with van der Waals surface area (Å²) in [6.07, 6.45) is 0.971. The predicted molar refractivity (Wildman–Crippen MR) is 62.3 cm³/mol. The van der Waals surface area contributed by atoms with Gasteiger partial charge in [0.25, 0.3) is 0 Å². The first-order valence-corrected chi connectivity index (χ1v) is 6.12. The lowest BCUT2D eigenvalue weighted by molar-refractivity contribution is -0.153. The van der Waals surface area contributed by atoms with Crippen LogP contribution < -0.4 is 5.32 Å². The molecule has 2 atom stereocenters. The molecule has 2 rings (SSSR count). The molecule has 5 nitrogen and oxygen atoms in total. The molecule has 0 aromatic heterocycles. The smallest absolute Gasteiger partial charge is 0.248 e. The molecule has 17 heavy (non-hydrogen) atoms. The van der Waals surface area contributed by atoms with E-state index in [4.69, 9.17) is 4.74 Å². The van der Waals surface area contributed by atoms with Crippen molar-refractivity contribution < 1.29 is 14.3 Å². The van der Waals surface area contributed by atoms with E-state index < -0.39 is 5.54 Å². The number of hydrogen-bond donors (Lipinski definition) is 1. The van der Waals surface area contributed by atoms with Crippen molar-refractivity contribution in [1.82, 2.24) is 10.2 Å². The number of nitrogens with zero attached hydrogens (tertiary/aromatic N) is 1. The molecule has 2 heterocycles. The Balaban J connectivity index is 2.11. The molecule has 0 radical (unpaired) electrons. The molecule has 0 aliphatic carbocycles. The zero-order valence-electron chi connectivity index (χ0n) is 10.7. The van der Waals surface area contributed by atoms with Crippen molar-refractivity contribution in [3.63, 3.8) is 0 Å². The van der Waals surface area contributed by atoms with Gasteiger partial charge in [-0.15, -0.1) is 0 Å². The third kappa shape index (κ3) is 2.29. The van der Waals surface area contributed by atoms with Gasteiger partial charge < -0.3 is 15.0 Å². The molecule has 0 aromatic rings. The molecule has 0 bridgehead atoms. The summed E-state index contributed by atoms with van der Waals surface area (Å²) in [7, 11) is 0. The summed E-state index contributed by atoms with van der Waals surface area (Å²) in [6.45, 7) is 7.35. The van der Waals surface area contributed by atoms with E-state index in [1.54, 1.807) is 25.7 Å². The first-order valence-electron chi connectivity index (χ1n) is 6.12. The average molecular weight is 240 g/mol. The predicted octanol–water partition coefficient (Wildman–Crippen LogP) is 0.148. The number of carbonyl (C=O) groups is 2. The van der Waals surface area contributed by atoms with Gasteiger partial charge in [-0.2, -0.15) is 0 Å². The van der Waals surface area contributed by atoms with Crippen LogP contribution in [0.5, 0.6) is 0 Å². The maximum atomic E-state index is 12.3. The third-order valence-corrected chi connectivity index (χ3v) is 3.56. The Morgan fingerprint density at radius 1 is 1.47 bits per heavy atom. The minimum absolute atomic E-state index is 0.00324. The highest BCUT2D eigenvalue weighted by Crippen LogP contribution is 2.22. The highest BCUT2D eigenvalue weighted by Gasteiger charge is 2.44. The van der Waals surface area contributed by atoms with Crippen LogP contribution in [0, 0.1) is 5.92 Å². The van der Waals surface area contributed by atoms with Gasteiger partial charge in [0.1, 0.15) is 11.6 Å². The molecule has 96 valence electrons. The summed E-state index contributed by atoms with van der Waals surface area (Å²) >= 11 is 0. The number of amides is 2. The summed E-state index contributed by atoms with van der Waals surface area (Å²) in [5.74, 6) is 0.285. The zero-order valence-corrected chi connectivity index (χ0v) is 10.7. The van der Waals surface area contributed by atoms with Gasteiger partial charge in [-0.25, -0.2) is 0 Å². The van der Waals surface area contributed by atoms with Gasteiger partial charge in [0, 0.05) is 19.1 Å². The molecule has 2 fully saturated rings. The molecule has 5 heteroatoms. The molecule has 2 amide bonds. The van der Waals surface area contributed by atoms with Gasteiger partial charge in [0.2, 0.25) is 11.8 Å². The number of ether oxygens (including phenoxy) is 1. The van der Waals surface area contributed by atoms with Gasteiger partial charge in [-0.05, 0) is 27.2 Å². The fourth-order valence-electron chi connectivity index (χ4n) is 2.39. The van der Waals surface area contributed by atoms with Crippen molar-refractivity contribution in [1.29, 1.82) is 0 Å². The van der Waals surface area contributed by atoms with Crippen LogP contribution in [0.4, 0.5) is 0 Å². The molecule has 2 unspecified atom stereocenters. The van der Waals surface area contributed by atoms with Crippen molar-refractivity contribution in [3.8, 4) is 0 Å². The van der Waals surface area contributed by atoms with Crippen LogP contribution in [0.2, 0.25) is 0 Å². The van der Waals surface area contributed by atoms with Gasteiger partial charge in [0.05, 0.1) is 6.61 Å². The number of rotatable bonds is 2. The molecule has 0 saturated carbocycles. The highest BCUT2D eigenvalue weighted by atomic mass is 16.5. The lowest BCUT2D eigenvalue weighted by atomic mass is 9.95. The maximum Gasteiger partial charge on any atom is 0.248 e. The van der Waals surface area contributed by atoms with Crippen LogP contribution in [-0.4, -0.2) is 48.1 Å². The second-order valence-corrected chi connectivity index (χ2v) is 5.48. The summed E-state index contributed by atoms with van der Waals surface area (Å²) < 4.78 is 5.31. The van der Waals surface area contributed by atoms with Crippen molar-refractivity contribution in [2.75, 3.05) is 19.8 Å². The van der Waals surface area contributed by atoms with Crippen LogP contribution in [0.15, 0.2) is 0 Å². The Bertz CT molecular complexity index is 335. The topological polar surface area (TPSA) is 58.6 Å². The lowest BCUT2D eigenvalue weighted by Crippen LogP contribution is -2.67. The number of hydrogen-bond acceptors (Lipinski definition) is 3. The van der Waals surface area contributed by atoms with E-state index in [9.17, 15) is 9.59 Å². The van der Waals surface area contributed by atoms with E-state index in [1.165, 1.54) is 0 Å². The molecule has 0 spiro atoms. The van der Waals surface area contributed by atoms with Crippen LogP contribution in [-0.2, 0) is 14.3 Å². The van der Waals surface area contributed by atoms with Gasteiger partial charge >= 0.3 is 0 Å². The summed E-state index contributed by atoms with van der Waals surface area (Å²) in [6, 6.07) is -0.379. The molecule has 0 aromatic carbocycles. The number of carbonyl (C=O) groups excluding carboxylic acids is 2. The maximum absolute atomic E-state index is 12.3. The summed E-state index contributed by atoms with van der Waals surface area (Å²) in [4.78, 5) is 25.8. The van der Waals surface area contributed by atoms with E-state index in [-0.39, 0.29) is 17.9 Å². The van der Waals surface area contributed by atoms with Crippen LogP contribution in [0.3, 0.4) is 0 Å². The van der Waals surface area contributed by atoms with Crippen molar-refractivity contribution >= 4 is 11.8 Å². The average Bonchev–Trinajstić information content (AvgIpc) is 2.74. The van der Waals surface area contributed by atoms with E-state index >= 15 is 0 Å². The molecule has 1 N–H and O–H groups in total. The monoisotopic (exact) mass is 240 g/mol. The molecule has 2 saturated heterocycles. The van der Waals surface area contributed by atoms with Gasteiger partial charge in [-0.1, -0.05) is 0 Å². The fraction of sp³-hybridized carbons (Fsp3) is 0.833. The summed E-state index contributed by atoms with van der Waals surface area (Å²) in [5.41, 5.74) is -0.789. The second-order valence-electron chi connectivity index (χ2n) is 5.48. The minimum atomic E-state index is -0.789. The fourth-order valence-corrected chi connectivity index (χ4v) is 2.39. The van der Waals surface area contributed by atoms with Crippen LogP contribution >= 0.6 is 0 Å². The van der Waals surface area contributed by atoms with Crippen molar-refractivity contribution in [3.05, 3.63) is 0 Å². The standard InChI is InChI=1S/C12H20N2O3/c1-8-10(15)13-12(2,3)11(16)14(8)6-9-4-5-17-7-9/h8-9H,4-7H2,1-3H3,(H,13,15). The van der Waals surface area contributed by atoms with Crippen LogP contribution in [0.1, 0.15) is 27.2 Å². The first kappa shape index (κ1) is 12.4. The van der Waals surface area contributed by atoms with Crippen molar-refractivity contribution in [2.24, 2.45) is 5.92 Å². The molecule has 2 aliphatic rings. The largest absolute Gasteiger partial charge is 0.381 e. The molecular formula is C12H20N2O3. The quantitative estimate of drug-likeness (QED) is 0.747. The van der Waals surface area contributed by atoms with E-state index in [2.05, 4.69) is 5.32 Å². The van der Waals surface area contributed by atoms with Crippen LogP contribution in [0.25, 0.3) is 0 Å². The zero-order chi connectivity index (χ0) is 12.6. The normalized spacial score (nSPS) is 32.8. The Labute approximate surface area is 101 Å². The Morgan fingerprint density at radius 3 is 2.76 bits per heavy atom. The highest BCUT2D eigenvalue weighted by molar-refractivity contribution is 5.99. The second kappa shape index (κ2) is 4.29. The number of nitrogens with one attached hydrogen (secondary N) is 1. The van der Waals surface area contributed by atoms with Gasteiger partial charge in [0.15, 0.2) is 0 Å². The number of piperazine rings is 1. The molecular weight excluding hydrogens is 220 g/mol. The van der Waals surface area contributed by atoms with E-state index in [0.29, 0.717) is 19.1 Å². The third-order valence-electron chi connectivity index (χ3n) is 3.56. The lowest BCUT2D eigenvalue weighted by Gasteiger charge is -2.42. The Morgan fingerprint density at radius 2 is 2.18 bits per heavy atom. The van der Waals surface area contributed by atoms with Gasteiger partial charge in [-0.3, -0.25) is 9.59 Å². The molecule has 2 aliphatic heterocycles.